The number of thioether (sulfide) groups is 1. The second-order valence-corrected chi connectivity index (χ2v) is 11.6. The van der Waals surface area contributed by atoms with Crippen LogP contribution < -0.4 is 5.32 Å². The fourth-order valence-electron chi connectivity index (χ4n) is 3.76. The summed E-state index contributed by atoms with van der Waals surface area (Å²) >= 11 is 14.0. The molecule has 0 aliphatic rings. The Morgan fingerprint density at radius 2 is 1.53 bits per heavy atom. The molecule has 1 N–H and O–H groups in total. The van der Waals surface area contributed by atoms with Crippen molar-refractivity contribution in [2.24, 2.45) is 0 Å². The molecule has 1 unspecified atom stereocenters. The summed E-state index contributed by atoms with van der Waals surface area (Å²) in [6.45, 7) is 6.06. The number of benzene rings is 3. The van der Waals surface area contributed by atoms with Crippen LogP contribution in [0.3, 0.4) is 0 Å². The molecule has 3 rings (SSSR count). The molecule has 1 atom stereocenters. The molecule has 0 aromatic heterocycles. The maximum absolute atomic E-state index is 13.7. The van der Waals surface area contributed by atoms with Gasteiger partial charge in [0.1, 0.15) is 6.04 Å². The van der Waals surface area contributed by atoms with E-state index in [-0.39, 0.29) is 18.4 Å². The van der Waals surface area contributed by atoms with Crippen LogP contribution in [0, 0.1) is 0 Å². The zero-order valence-electron chi connectivity index (χ0n) is 20.8. The molecule has 3 aromatic carbocycles. The number of rotatable bonds is 10. The number of amides is 2. The average molecular weight is 544 g/mol. The highest BCUT2D eigenvalue weighted by Gasteiger charge is 2.32. The van der Waals surface area contributed by atoms with Gasteiger partial charge >= 0.3 is 0 Å². The Balaban J connectivity index is 1.89. The van der Waals surface area contributed by atoms with E-state index < -0.39 is 11.6 Å². The zero-order chi connectivity index (χ0) is 26.1. The topological polar surface area (TPSA) is 49.4 Å². The predicted molar refractivity (Wildman–Crippen MR) is 151 cm³/mol. The number of nitrogens with zero attached hydrogens (tertiary/aromatic N) is 1. The normalized spacial score (nSPS) is 12.1. The van der Waals surface area contributed by atoms with Gasteiger partial charge in [0.15, 0.2) is 0 Å². The Morgan fingerprint density at radius 3 is 2.14 bits per heavy atom. The monoisotopic (exact) mass is 542 g/mol. The van der Waals surface area contributed by atoms with E-state index in [4.69, 9.17) is 23.2 Å². The van der Waals surface area contributed by atoms with Gasteiger partial charge in [-0.2, -0.15) is 0 Å². The van der Waals surface area contributed by atoms with Gasteiger partial charge in [-0.15, -0.1) is 11.8 Å². The minimum atomic E-state index is -0.685. The molecule has 36 heavy (non-hydrogen) atoms. The number of carbonyl (C=O) groups is 2. The lowest BCUT2D eigenvalue weighted by atomic mass is 10.0. The van der Waals surface area contributed by atoms with Crippen molar-refractivity contribution in [3.05, 3.63) is 100 Å². The third kappa shape index (κ3) is 8.88. The molecule has 0 radical (unpaired) electrons. The van der Waals surface area contributed by atoms with Crippen molar-refractivity contribution in [1.29, 1.82) is 0 Å². The summed E-state index contributed by atoms with van der Waals surface area (Å²) < 4.78 is 0. The molecular formula is C29H32Cl2N2O2S. The van der Waals surface area contributed by atoms with Gasteiger partial charge in [-0.25, -0.2) is 0 Å². The molecular weight excluding hydrogens is 511 g/mol. The molecule has 190 valence electrons. The highest BCUT2D eigenvalue weighted by Crippen LogP contribution is 2.25. The number of carbonyl (C=O) groups excluding carboxylic acids is 2. The summed E-state index contributed by atoms with van der Waals surface area (Å²) in [5.41, 5.74) is 1.36. The van der Waals surface area contributed by atoms with Gasteiger partial charge in [0.05, 0.1) is 10.0 Å². The quantitative estimate of drug-likeness (QED) is 0.279. The first-order valence-corrected chi connectivity index (χ1v) is 13.6. The van der Waals surface area contributed by atoms with E-state index in [0.29, 0.717) is 28.6 Å². The van der Waals surface area contributed by atoms with Gasteiger partial charge < -0.3 is 10.2 Å². The number of nitrogens with one attached hydrogen (secondary N) is 1. The van der Waals surface area contributed by atoms with Crippen LogP contribution in [0.25, 0.3) is 0 Å². The Morgan fingerprint density at radius 1 is 0.889 bits per heavy atom. The van der Waals surface area contributed by atoms with Gasteiger partial charge in [0, 0.05) is 35.6 Å². The molecule has 0 aliphatic carbocycles. The van der Waals surface area contributed by atoms with Crippen LogP contribution in [0.5, 0.6) is 0 Å². The SMILES string of the molecule is CC(C)(C)NC(=O)C(Cc1ccccc1)N(Cc1ccc(Cl)c(Cl)c1)C(=O)CCSc1ccccc1. The summed E-state index contributed by atoms with van der Waals surface area (Å²) in [4.78, 5) is 30.0. The van der Waals surface area contributed by atoms with Crippen LogP contribution in [-0.2, 0) is 22.6 Å². The van der Waals surface area contributed by atoms with Gasteiger partial charge in [-0.3, -0.25) is 9.59 Å². The molecule has 4 nitrogen and oxygen atoms in total. The van der Waals surface area contributed by atoms with Gasteiger partial charge in [-0.05, 0) is 56.2 Å². The fourth-order valence-corrected chi connectivity index (χ4v) is 4.94. The Labute approximate surface area is 228 Å². The van der Waals surface area contributed by atoms with Crippen molar-refractivity contribution >= 4 is 46.8 Å². The fraction of sp³-hybridized carbons (Fsp3) is 0.310. The van der Waals surface area contributed by atoms with Crippen molar-refractivity contribution in [2.75, 3.05) is 5.75 Å². The summed E-state index contributed by atoms with van der Waals surface area (Å²) in [5.74, 6) is 0.338. The summed E-state index contributed by atoms with van der Waals surface area (Å²) in [6.07, 6.45) is 0.705. The van der Waals surface area contributed by atoms with Crippen molar-refractivity contribution in [3.8, 4) is 0 Å². The lowest BCUT2D eigenvalue weighted by molar-refractivity contribution is -0.141. The van der Waals surface area contributed by atoms with Gasteiger partial charge in [0.2, 0.25) is 11.8 Å². The first-order chi connectivity index (χ1) is 17.1. The van der Waals surface area contributed by atoms with E-state index in [2.05, 4.69) is 5.32 Å². The molecule has 7 heteroatoms. The maximum atomic E-state index is 13.7. The van der Waals surface area contributed by atoms with Crippen LogP contribution in [-0.4, -0.2) is 34.0 Å². The van der Waals surface area contributed by atoms with E-state index in [1.807, 2.05) is 87.5 Å². The number of hydrogen-bond acceptors (Lipinski definition) is 3. The first kappa shape index (κ1) is 28.1. The third-order valence-electron chi connectivity index (χ3n) is 5.43. The molecule has 3 aromatic rings. The van der Waals surface area contributed by atoms with Crippen LogP contribution in [0.1, 0.15) is 38.3 Å². The maximum Gasteiger partial charge on any atom is 0.243 e. The highest BCUT2D eigenvalue weighted by atomic mass is 35.5. The van der Waals surface area contributed by atoms with Crippen LogP contribution in [0.4, 0.5) is 0 Å². The van der Waals surface area contributed by atoms with Crippen molar-refractivity contribution in [1.82, 2.24) is 10.2 Å². The van der Waals surface area contributed by atoms with Crippen molar-refractivity contribution < 1.29 is 9.59 Å². The summed E-state index contributed by atoms with van der Waals surface area (Å²) in [6, 6.07) is 24.4. The third-order valence-corrected chi connectivity index (χ3v) is 7.19. The minimum Gasteiger partial charge on any atom is -0.350 e. The smallest absolute Gasteiger partial charge is 0.243 e. The van der Waals surface area contributed by atoms with E-state index in [9.17, 15) is 9.59 Å². The zero-order valence-corrected chi connectivity index (χ0v) is 23.2. The largest absolute Gasteiger partial charge is 0.350 e. The Kier molecular flexibility index (Phi) is 10.3. The number of hydrogen-bond donors (Lipinski definition) is 1. The summed E-state index contributed by atoms with van der Waals surface area (Å²) in [5, 5.41) is 3.94. The summed E-state index contributed by atoms with van der Waals surface area (Å²) in [7, 11) is 0. The molecule has 0 saturated carbocycles. The molecule has 0 spiro atoms. The van der Waals surface area contributed by atoms with E-state index in [0.717, 1.165) is 16.0 Å². The molecule has 0 saturated heterocycles. The van der Waals surface area contributed by atoms with Crippen LogP contribution in [0.15, 0.2) is 83.8 Å². The van der Waals surface area contributed by atoms with Gasteiger partial charge in [0.25, 0.3) is 0 Å². The minimum absolute atomic E-state index is 0.0884. The number of halogens is 2. The van der Waals surface area contributed by atoms with Crippen molar-refractivity contribution in [2.45, 2.75) is 56.6 Å². The highest BCUT2D eigenvalue weighted by molar-refractivity contribution is 7.99. The molecule has 0 bridgehead atoms. The van der Waals surface area contributed by atoms with E-state index in [1.165, 1.54) is 0 Å². The van der Waals surface area contributed by atoms with E-state index in [1.54, 1.807) is 28.8 Å². The predicted octanol–water partition coefficient (Wildman–Crippen LogP) is 7.03. The second-order valence-electron chi connectivity index (χ2n) is 9.63. The van der Waals surface area contributed by atoms with Gasteiger partial charge in [-0.1, -0.05) is 77.8 Å². The second kappa shape index (κ2) is 13.2. The van der Waals surface area contributed by atoms with Crippen LogP contribution in [0.2, 0.25) is 10.0 Å². The molecule has 0 heterocycles. The Hall–Kier alpha value is -2.47. The van der Waals surface area contributed by atoms with Crippen molar-refractivity contribution in [3.63, 3.8) is 0 Å². The van der Waals surface area contributed by atoms with E-state index >= 15 is 0 Å². The average Bonchev–Trinajstić information content (AvgIpc) is 2.83. The standard InChI is InChI=1S/C29H32Cl2N2O2S/c1-29(2,3)32-28(35)26(19-21-10-6-4-7-11-21)33(20-22-14-15-24(30)25(31)18-22)27(34)16-17-36-23-12-8-5-9-13-23/h4-15,18,26H,16-17,19-20H2,1-3H3,(H,32,35). The first-order valence-electron chi connectivity index (χ1n) is 11.9. The molecule has 2 amide bonds. The molecule has 0 aliphatic heterocycles. The van der Waals surface area contributed by atoms with Crippen LogP contribution >= 0.6 is 35.0 Å². The lowest BCUT2D eigenvalue weighted by Crippen LogP contribution is -2.54. The Bertz CT molecular complexity index is 1150. The molecule has 0 fully saturated rings. The lowest BCUT2D eigenvalue weighted by Gasteiger charge is -2.34.